The molecular weight excluding hydrogens is 247 g/mol. The largest absolute Gasteiger partial charge is 0.401 e. The number of aromatic nitrogens is 2. The second kappa shape index (κ2) is 5.69. The van der Waals surface area contributed by atoms with Crippen LogP contribution in [0.4, 0.5) is 13.2 Å². The van der Waals surface area contributed by atoms with Crippen molar-refractivity contribution in [3.63, 3.8) is 0 Å². The number of nitrogens with one attached hydrogen (secondary N) is 1. The molecule has 0 amide bonds. The number of hydrogen-bond acceptors (Lipinski definition) is 4. The summed E-state index contributed by atoms with van der Waals surface area (Å²) in [5.74, 6) is 0.719. The zero-order valence-electron chi connectivity index (χ0n) is 10.8. The van der Waals surface area contributed by atoms with Gasteiger partial charge in [-0.2, -0.15) is 18.2 Å². The molecule has 0 aliphatic heterocycles. The van der Waals surface area contributed by atoms with E-state index in [1.165, 1.54) is 0 Å². The molecule has 0 saturated heterocycles. The first-order chi connectivity index (χ1) is 8.16. The molecule has 1 aromatic heterocycles. The molecule has 4 nitrogen and oxygen atoms in total. The van der Waals surface area contributed by atoms with Gasteiger partial charge in [-0.15, -0.1) is 0 Å². The monoisotopic (exact) mass is 265 g/mol. The van der Waals surface area contributed by atoms with Crippen LogP contribution in [0.2, 0.25) is 0 Å². The van der Waals surface area contributed by atoms with Gasteiger partial charge in [-0.1, -0.05) is 25.9 Å². The van der Waals surface area contributed by atoms with E-state index in [4.69, 9.17) is 4.52 Å². The first kappa shape index (κ1) is 14.9. The van der Waals surface area contributed by atoms with Gasteiger partial charge in [0.15, 0.2) is 5.82 Å². The molecule has 18 heavy (non-hydrogen) atoms. The van der Waals surface area contributed by atoms with Crippen LogP contribution in [0.3, 0.4) is 0 Å². The van der Waals surface area contributed by atoms with E-state index in [2.05, 4.69) is 36.2 Å². The molecule has 1 heterocycles. The van der Waals surface area contributed by atoms with Gasteiger partial charge < -0.3 is 9.84 Å². The predicted octanol–water partition coefficient (Wildman–Crippen LogP) is 2.70. The van der Waals surface area contributed by atoms with E-state index in [1.807, 2.05) is 0 Å². The van der Waals surface area contributed by atoms with Crippen molar-refractivity contribution in [1.29, 1.82) is 0 Å². The second-order valence-corrected chi connectivity index (χ2v) is 5.38. The van der Waals surface area contributed by atoms with Crippen LogP contribution in [0.15, 0.2) is 4.52 Å². The molecule has 0 aromatic carbocycles. The van der Waals surface area contributed by atoms with Crippen molar-refractivity contribution in [2.45, 2.75) is 46.3 Å². The van der Waals surface area contributed by atoms with Gasteiger partial charge >= 0.3 is 6.18 Å². The predicted molar refractivity (Wildman–Crippen MR) is 59.8 cm³/mol. The van der Waals surface area contributed by atoms with Crippen LogP contribution in [0.5, 0.6) is 0 Å². The summed E-state index contributed by atoms with van der Waals surface area (Å²) in [6.45, 7) is 5.16. The van der Waals surface area contributed by atoms with Crippen LogP contribution in [0.1, 0.15) is 38.9 Å². The Morgan fingerprint density at radius 3 is 2.44 bits per heavy atom. The van der Waals surface area contributed by atoms with Crippen LogP contribution >= 0.6 is 0 Å². The maximum atomic E-state index is 11.9. The summed E-state index contributed by atoms with van der Waals surface area (Å²) < 4.78 is 40.5. The van der Waals surface area contributed by atoms with Crippen LogP contribution < -0.4 is 5.32 Å². The molecule has 0 aliphatic carbocycles. The third-order valence-electron chi connectivity index (χ3n) is 2.21. The summed E-state index contributed by atoms with van der Waals surface area (Å²) >= 11 is 0. The lowest BCUT2D eigenvalue weighted by Gasteiger charge is -2.15. The van der Waals surface area contributed by atoms with Crippen molar-refractivity contribution in [2.24, 2.45) is 5.41 Å². The van der Waals surface area contributed by atoms with Crippen molar-refractivity contribution in [3.05, 3.63) is 11.7 Å². The molecule has 1 rings (SSSR count). The molecule has 0 spiro atoms. The normalized spacial score (nSPS) is 13.0. The van der Waals surface area contributed by atoms with E-state index in [0.29, 0.717) is 12.2 Å². The third kappa shape index (κ3) is 6.58. The fourth-order valence-corrected chi connectivity index (χ4v) is 1.26. The van der Waals surface area contributed by atoms with Gasteiger partial charge in [0.1, 0.15) is 0 Å². The molecule has 0 aliphatic rings. The molecule has 0 unspecified atom stereocenters. The summed E-state index contributed by atoms with van der Waals surface area (Å²) in [5, 5.41) is 5.93. The quantitative estimate of drug-likeness (QED) is 0.889. The molecule has 0 saturated carbocycles. The van der Waals surface area contributed by atoms with Crippen LogP contribution in [0.25, 0.3) is 0 Å². The van der Waals surface area contributed by atoms with Crippen molar-refractivity contribution >= 4 is 0 Å². The van der Waals surface area contributed by atoms with E-state index in [0.717, 1.165) is 6.42 Å². The Hall–Kier alpha value is -1.11. The van der Waals surface area contributed by atoms with Gasteiger partial charge in [0, 0.05) is 6.42 Å². The van der Waals surface area contributed by atoms with Gasteiger partial charge in [-0.25, -0.2) is 0 Å². The Morgan fingerprint density at radius 2 is 1.89 bits per heavy atom. The van der Waals surface area contributed by atoms with Crippen molar-refractivity contribution in [2.75, 3.05) is 6.54 Å². The summed E-state index contributed by atoms with van der Waals surface area (Å²) in [6, 6.07) is 0. The number of nitrogens with zero attached hydrogens (tertiary/aromatic N) is 2. The van der Waals surface area contributed by atoms with E-state index in [-0.39, 0.29) is 17.9 Å². The molecular formula is C11H18F3N3O. The minimum atomic E-state index is -4.23. The lowest BCUT2D eigenvalue weighted by atomic mass is 9.90. The molecule has 7 heteroatoms. The lowest BCUT2D eigenvalue weighted by Crippen LogP contribution is -2.28. The topological polar surface area (TPSA) is 51.0 Å². The van der Waals surface area contributed by atoms with Crippen molar-refractivity contribution in [3.8, 4) is 0 Å². The summed E-state index contributed by atoms with van der Waals surface area (Å²) in [5.41, 5.74) is 0.162. The number of alkyl halides is 3. The average Bonchev–Trinajstić information content (AvgIpc) is 2.60. The number of halogens is 3. The maximum Gasteiger partial charge on any atom is 0.401 e. The molecule has 1 aromatic rings. The van der Waals surface area contributed by atoms with E-state index >= 15 is 0 Å². The lowest BCUT2D eigenvalue weighted by molar-refractivity contribution is -0.125. The summed E-state index contributed by atoms with van der Waals surface area (Å²) in [7, 11) is 0. The van der Waals surface area contributed by atoms with Gasteiger partial charge in [0.25, 0.3) is 0 Å². The molecule has 0 radical (unpaired) electrons. The second-order valence-electron chi connectivity index (χ2n) is 5.38. The third-order valence-corrected chi connectivity index (χ3v) is 2.21. The fourth-order valence-electron chi connectivity index (χ4n) is 1.26. The Morgan fingerprint density at radius 1 is 1.22 bits per heavy atom. The Labute approximate surface area is 104 Å². The SMILES string of the molecule is CC(C)(C)CCc1noc(CNCC(F)(F)F)n1. The molecule has 1 N–H and O–H groups in total. The Kier molecular flexibility index (Phi) is 4.72. The smallest absolute Gasteiger partial charge is 0.338 e. The molecule has 0 bridgehead atoms. The van der Waals surface area contributed by atoms with Gasteiger partial charge in [0.2, 0.25) is 5.89 Å². The molecule has 104 valence electrons. The van der Waals surface area contributed by atoms with E-state index < -0.39 is 12.7 Å². The number of rotatable bonds is 5. The van der Waals surface area contributed by atoms with Gasteiger partial charge in [-0.05, 0) is 11.8 Å². The maximum absolute atomic E-state index is 11.9. The van der Waals surface area contributed by atoms with Crippen molar-refractivity contribution in [1.82, 2.24) is 15.5 Å². The Balaban J connectivity index is 2.35. The van der Waals surface area contributed by atoms with E-state index in [1.54, 1.807) is 0 Å². The first-order valence-electron chi connectivity index (χ1n) is 5.75. The highest BCUT2D eigenvalue weighted by molar-refractivity contribution is 4.87. The van der Waals surface area contributed by atoms with Crippen LogP contribution in [-0.4, -0.2) is 22.9 Å². The van der Waals surface area contributed by atoms with Crippen LogP contribution in [0, 0.1) is 5.41 Å². The highest BCUT2D eigenvalue weighted by atomic mass is 19.4. The molecule has 0 fully saturated rings. The highest BCUT2D eigenvalue weighted by Crippen LogP contribution is 2.20. The number of hydrogen-bond donors (Lipinski definition) is 1. The summed E-state index contributed by atoms with van der Waals surface area (Å²) in [6.07, 6.45) is -2.68. The summed E-state index contributed by atoms with van der Waals surface area (Å²) in [4.78, 5) is 4.03. The fraction of sp³-hybridized carbons (Fsp3) is 0.818. The van der Waals surface area contributed by atoms with Crippen LogP contribution in [-0.2, 0) is 13.0 Å². The first-order valence-corrected chi connectivity index (χ1v) is 5.75. The van der Waals surface area contributed by atoms with Crippen molar-refractivity contribution < 1.29 is 17.7 Å². The minimum Gasteiger partial charge on any atom is -0.338 e. The van der Waals surface area contributed by atoms with E-state index in [9.17, 15) is 13.2 Å². The Bertz CT molecular complexity index is 368. The number of aryl methyl sites for hydroxylation is 1. The van der Waals surface area contributed by atoms with Gasteiger partial charge in [-0.3, -0.25) is 0 Å². The zero-order chi connectivity index (χ0) is 13.8. The standard InChI is InChI=1S/C11H18F3N3O/c1-10(2,3)5-4-8-16-9(18-17-8)6-15-7-11(12,13)14/h15H,4-7H2,1-3H3. The minimum absolute atomic E-state index is 0.0674. The zero-order valence-corrected chi connectivity index (χ0v) is 10.8. The highest BCUT2D eigenvalue weighted by Gasteiger charge is 2.26. The average molecular weight is 265 g/mol. The molecule has 0 atom stereocenters. The van der Waals surface area contributed by atoms with Gasteiger partial charge in [0.05, 0.1) is 13.1 Å².